The number of hydrogen-bond acceptors (Lipinski definition) is 7. The fraction of sp³-hybridized carbons (Fsp3) is 0.0488. The van der Waals surface area contributed by atoms with Crippen LogP contribution < -0.4 is 0 Å². The highest BCUT2D eigenvalue weighted by atomic mass is 15.2. The average Bonchev–Trinajstić information content (AvgIpc) is 1.57. The minimum atomic E-state index is -0.120. The largest absolute Gasteiger partial charge is 0.294 e. The molecule has 27 rings (SSSR count). The van der Waals surface area contributed by atoms with Gasteiger partial charge in [0.2, 0.25) is 5.95 Å². The van der Waals surface area contributed by atoms with Crippen molar-refractivity contribution in [2.45, 2.75) is 38.5 Å². The van der Waals surface area contributed by atoms with Gasteiger partial charge < -0.3 is 0 Å². The second-order valence-electron chi connectivity index (χ2n) is 36.0. The first-order chi connectivity index (χ1) is 65.3. The van der Waals surface area contributed by atoms with Crippen molar-refractivity contribution >= 4 is 141 Å². The van der Waals surface area contributed by atoms with Gasteiger partial charge in [-0.25, -0.2) is 19.9 Å². The van der Waals surface area contributed by atoms with Crippen LogP contribution in [-0.4, -0.2) is 33.6 Å². The molecule has 0 aliphatic heterocycles. The third-order valence-electron chi connectivity index (χ3n) is 28.1. The maximum Gasteiger partial charge on any atom is 0.236 e. The molecule has 25 aromatic rings. The number of para-hydroxylation sites is 3. The van der Waals surface area contributed by atoms with E-state index in [2.05, 4.69) is 375 Å². The van der Waals surface area contributed by atoms with Crippen LogP contribution in [0.15, 0.2) is 400 Å². The number of aromatic nitrogens is 7. The lowest BCUT2D eigenvalue weighted by atomic mass is 9.79. The quantitative estimate of drug-likeness (QED) is 0.155. The molecule has 0 unspecified atom stereocenters. The van der Waals surface area contributed by atoms with Gasteiger partial charge in [0.05, 0.1) is 72.9 Å². The van der Waals surface area contributed by atoms with Crippen LogP contribution in [-0.2, 0) is 10.8 Å². The van der Waals surface area contributed by atoms with Crippen molar-refractivity contribution in [1.29, 1.82) is 15.8 Å². The Balaban J connectivity index is 0.000000107. The highest BCUT2D eigenvalue weighted by molar-refractivity contribution is 6.25. The second kappa shape index (κ2) is 30.2. The monoisotopic (exact) mass is 1690 g/mol. The Hall–Kier alpha value is -17.8. The first-order valence-electron chi connectivity index (χ1n) is 45.1. The van der Waals surface area contributed by atoms with Crippen molar-refractivity contribution in [3.8, 4) is 103 Å². The van der Waals surface area contributed by atoms with Crippen LogP contribution in [0.5, 0.6) is 0 Å². The normalized spacial score (nSPS) is 12.8. The topological polar surface area (TPSA) is 138 Å². The standard InChI is InChI=1S/C42H25N3.C41H27N3.C40H26N4/c43-26-32-25-41(44-38-15-6-5-12-35(32)38)45-39-22-21-31(24-37(39)42-36-13-4-2-9-29(36)20-23-40(42)45)27-16-18-30(19-17-27)34-14-7-10-28-8-1-3-11-33(28)34;1-41(2)34-16-7-5-13-31(34)32-15-9-14-30(40(32)41)26-19-20-36-33(22-26)39-29-12-4-3-10-25(29)18-21-37(39)44(36)38-23-27(24-42)28-11-6-8-17-35(28)43-38;1-40(2)32-16-7-5-12-28(32)29-15-9-14-27(38(29)40)25-19-20-35-31(22-25)37-26-11-4-3-10-24(26)18-21-36(37)44(35)39-42-33-17-8-6-13-30(33)34(23-41)43-39/h1-25H;3-23H,1-2H3;3-22H,1-2H3. The summed E-state index contributed by atoms with van der Waals surface area (Å²) >= 11 is 0. The van der Waals surface area contributed by atoms with Gasteiger partial charge in [-0.2, -0.15) is 15.8 Å². The second-order valence-corrected chi connectivity index (χ2v) is 36.0. The molecule has 6 aromatic heterocycles. The van der Waals surface area contributed by atoms with Gasteiger partial charge in [-0.1, -0.05) is 337 Å². The minimum absolute atomic E-state index is 0.110. The van der Waals surface area contributed by atoms with Crippen molar-refractivity contribution in [2.75, 3.05) is 0 Å². The molecule has 0 atom stereocenters. The Labute approximate surface area is 766 Å². The number of rotatable bonds is 7. The van der Waals surface area contributed by atoms with E-state index in [0.29, 0.717) is 22.8 Å². The summed E-state index contributed by atoms with van der Waals surface area (Å²) in [7, 11) is 0. The zero-order chi connectivity index (χ0) is 89.1. The molecule has 0 spiro atoms. The third-order valence-corrected chi connectivity index (χ3v) is 28.1. The molecule has 0 saturated heterocycles. The molecule has 0 radical (unpaired) electrons. The molecule has 6 heterocycles. The molecular formula is C123H78N10. The Kier molecular flexibility index (Phi) is 17.6. The number of nitrogens with zero attached hydrogens (tertiary/aromatic N) is 10. The van der Waals surface area contributed by atoms with Crippen LogP contribution in [0.1, 0.15) is 66.8 Å². The zero-order valence-corrected chi connectivity index (χ0v) is 73.1. The van der Waals surface area contributed by atoms with E-state index in [1.165, 1.54) is 137 Å². The van der Waals surface area contributed by atoms with E-state index in [1.54, 1.807) is 0 Å². The molecule has 0 amide bonds. The van der Waals surface area contributed by atoms with E-state index in [-0.39, 0.29) is 10.8 Å². The number of pyridine rings is 2. The van der Waals surface area contributed by atoms with E-state index in [9.17, 15) is 15.8 Å². The molecule has 0 fully saturated rings. The van der Waals surface area contributed by atoms with Gasteiger partial charge in [0.1, 0.15) is 17.7 Å². The summed E-state index contributed by atoms with van der Waals surface area (Å²) in [6.07, 6.45) is 0. The van der Waals surface area contributed by atoms with Crippen LogP contribution in [0, 0.1) is 34.0 Å². The molecule has 0 saturated carbocycles. The fourth-order valence-corrected chi connectivity index (χ4v) is 22.1. The van der Waals surface area contributed by atoms with Crippen molar-refractivity contribution in [3.63, 3.8) is 0 Å². The van der Waals surface area contributed by atoms with E-state index < -0.39 is 0 Å². The number of fused-ring (bicyclic) bond motifs is 25. The van der Waals surface area contributed by atoms with Crippen molar-refractivity contribution < 1.29 is 0 Å². The van der Waals surface area contributed by atoms with Crippen LogP contribution in [0.4, 0.5) is 0 Å². The van der Waals surface area contributed by atoms with Gasteiger partial charge in [0.25, 0.3) is 0 Å². The van der Waals surface area contributed by atoms with Gasteiger partial charge in [-0.05, 0) is 223 Å². The maximum absolute atomic E-state index is 10.1. The summed E-state index contributed by atoms with van der Waals surface area (Å²) < 4.78 is 6.55. The van der Waals surface area contributed by atoms with E-state index in [4.69, 9.17) is 19.9 Å². The molecule has 10 nitrogen and oxygen atoms in total. The maximum atomic E-state index is 10.1. The first kappa shape index (κ1) is 77.6. The van der Waals surface area contributed by atoms with E-state index in [1.807, 2.05) is 84.9 Å². The molecule has 620 valence electrons. The Morgan fingerprint density at radius 3 is 1.03 bits per heavy atom. The molecule has 19 aromatic carbocycles. The summed E-state index contributed by atoms with van der Waals surface area (Å²) in [5.41, 5.74) is 30.5. The van der Waals surface area contributed by atoms with Gasteiger partial charge in [-0.3, -0.25) is 13.7 Å². The predicted octanol–water partition coefficient (Wildman–Crippen LogP) is 30.9. The number of nitriles is 3. The molecule has 133 heavy (non-hydrogen) atoms. The number of benzene rings is 19. The minimum Gasteiger partial charge on any atom is -0.294 e. The summed E-state index contributed by atoms with van der Waals surface area (Å²) in [5, 5.41) is 49.3. The lowest BCUT2D eigenvalue weighted by Gasteiger charge is -2.24. The highest BCUT2D eigenvalue weighted by Crippen LogP contribution is 2.55. The number of hydrogen-bond donors (Lipinski definition) is 0. The molecule has 0 N–H and O–H groups in total. The fourth-order valence-electron chi connectivity index (χ4n) is 22.1. The van der Waals surface area contributed by atoms with Crippen molar-refractivity contribution in [1.82, 2.24) is 33.6 Å². The smallest absolute Gasteiger partial charge is 0.236 e. The first-order valence-corrected chi connectivity index (χ1v) is 45.1. The lowest BCUT2D eigenvalue weighted by Crippen LogP contribution is -2.16. The van der Waals surface area contributed by atoms with Crippen molar-refractivity contribution in [3.05, 3.63) is 439 Å². The Morgan fingerprint density at radius 1 is 0.226 bits per heavy atom. The summed E-state index contributed by atoms with van der Waals surface area (Å²) in [6.45, 7) is 9.36. The lowest BCUT2D eigenvalue weighted by molar-refractivity contribution is 0.662. The zero-order valence-electron chi connectivity index (χ0n) is 73.1. The van der Waals surface area contributed by atoms with Crippen molar-refractivity contribution in [2.24, 2.45) is 0 Å². The predicted molar refractivity (Wildman–Crippen MR) is 547 cm³/mol. The summed E-state index contributed by atoms with van der Waals surface area (Å²) in [4.78, 5) is 19.9. The molecule has 10 heteroatoms. The van der Waals surface area contributed by atoms with Gasteiger partial charge >= 0.3 is 0 Å². The SMILES string of the molecule is CC1(C)c2ccccc2-c2cccc(-c3ccc4c(c3)c3c5ccccc5ccc3n4-c3cc(C#N)c4ccccc4n3)c21.CC1(C)c2ccccc2-c2cccc(-c3ccc4c(c3)c3c5ccccc5ccc3n4-c3nc(C#N)c4ccccc4n3)c21.N#Cc1cc(-n2c3ccc(-c4ccc(-c5cccc6ccccc56)cc4)cc3c3c4ccccc4ccc32)nc2ccccc12. The highest BCUT2D eigenvalue weighted by Gasteiger charge is 2.39. The average molecular weight is 1700 g/mol. The molecule has 2 aliphatic carbocycles. The van der Waals surface area contributed by atoms with E-state index >= 15 is 0 Å². The Bertz CT molecular complexity index is 9100. The van der Waals surface area contributed by atoms with Crippen LogP contribution in [0.2, 0.25) is 0 Å². The van der Waals surface area contributed by atoms with E-state index in [0.717, 1.165) is 105 Å². The van der Waals surface area contributed by atoms with Gasteiger partial charge in [-0.15, -0.1) is 0 Å². The van der Waals surface area contributed by atoms with Crippen LogP contribution in [0.25, 0.3) is 226 Å². The third kappa shape index (κ3) is 12.1. The molecule has 0 bridgehead atoms. The van der Waals surface area contributed by atoms with Crippen LogP contribution >= 0.6 is 0 Å². The summed E-state index contributed by atoms with van der Waals surface area (Å²) in [5.74, 6) is 1.99. The molecular weight excluding hydrogens is 1620 g/mol. The van der Waals surface area contributed by atoms with Crippen LogP contribution in [0.3, 0.4) is 0 Å². The van der Waals surface area contributed by atoms with Gasteiger partial charge in [0, 0.05) is 59.3 Å². The Morgan fingerprint density at radius 2 is 0.556 bits per heavy atom. The summed E-state index contributed by atoms with van der Waals surface area (Å²) in [6, 6.07) is 148. The molecule has 2 aliphatic rings. The van der Waals surface area contributed by atoms with Gasteiger partial charge in [0.15, 0.2) is 5.69 Å².